The van der Waals surface area contributed by atoms with Gasteiger partial charge in [-0.2, -0.15) is 0 Å². The number of nitrogens with zero attached hydrogens (tertiary/aromatic N) is 1. The molecule has 1 saturated heterocycles. The Morgan fingerprint density at radius 2 is 2.46 bits per heavy atom. The van der Waals surface area contributed by atoms with Crippen molar-refractivity contribution in [2.75, 3.05) is 26.7 Å². The standard InChI is InChI=1S/C9H16Cl2N2/c1-13-4-2-3-9(13)7-12-6-8(11)5-10/h5,9,12H,2-4,6-7H2,1H3. The third-order valence-electron chi connectivity index (χ3n) is 2.46. The van der Waals surface area contributed by atoms with Gasteiger partial charge in [-0.25, -0.2) is 0 Å². The average molecular weight is 223 g/mol. The van der Waals surface area contributed by atoms with Crippen LogP contribution < -0.4 is 5.32 Å². The zero-order valence-electron chi connectivity index (χ0n) is 7.89. The lowest BCUT2D eigenvalue weighted by atomic mass is 10.2. The van der Waals surface area contributed by atoms with Gasteiger partial charge in [-0.1, -0.05) is 23.2 Å². The van der Waals surface area contributed by atoms with Crippen LogP contribution in [-0.4, -0.2) is 37.6 Å². The first-order valence-corrected chi connectivity index (χ1v) is 5.41. The van der Waals surface area contributed by atoms with Crippen molar-refractivity contribution < 1.29 is 0 Å². The molecule has 0 saturated carbocycles. The highest BCUT2D eigenvalue weighted by molar-refractivity contribution is 6.36. The van der Waals surface area contributed by atoms with Gasteiger partial charge in [0.15, 0.2) is 0 Å². The maximum atomic E-state index is 5.74. The van der Waals surface area contributed by atoms with Gasteiger partial charge >= 0.3 is 0 Å². The summed E-state index contributed by atoms with van der Waals surface area (Å²) in [4.78, 5) is 2.38. The Hall–Kier alpha value is 0.240. The van der Waals surface area contributed by atoms with E-state index >= 15 is 0 Å². The molecule has 0 spiro atoms. The largest absolute Gasteiger partial charge is 0.310 e. The fraction of sp³-hybridized carbons (Fsp3) is 0.778. The molecule has 0 aromatic heterocycles. The predicted molar refractivity (Wildman–Crippen MR) is 58.3 cm³/mol. The van der Waals surface area contributed by atoms with E-state index in [9.17, 15) is 0 Å². The zero-order chi connectivity index (χ0) is 9.68. The number of hydrogen-bond acceptors (Lipinski definition) is 2. The second kappa shape index (κ2) is 5.86. The minimum atomic E-state index is 0.666. The summed E-state index contributed by atoms with van der Waals surface area (Å²) in [5, 5.41) is 3.95. The molecule has 1 rings (SSSR count). The molecule has 13 heavy (non-hydrogen) atoms. The summed E-state index contributed by atoms with van der Waals surface area (Å²) in [5.74, 6) is 0. The summed E-state index contributed by atoms with van der Waals surface area (Å²) < 4.78 is 0. The molecule has 0 aliphatic carbocycles. The molecule has 4 heteroatoms. The van der Waals surface area contributed by atoms with Crippen molar-refractivity contribution in [2.24, 2.45) is 0 Å². The van der Waals surface area contributed by atoms with Crippen LogP contribution >= 0.6 is 23.2 Å². The van der Waals surface area contributed by atoms with Crippen LogP contribution in [0, 0.1) is 0 Å². The fourth-order valence-electron chi connectivity index (χ4n) is 1.63. The van der Waals surface area contributed by atoms with Crippen molar-refractivity contribution in [3.05, 3.63) is 10.6 Å². The Kier molecular flexibility index (Phi) is 5.10. The van der Waals surface area contributed by atoms with Crippen molar-refractivity contribution in [3.63, 3.8) is 0 Å². The van der Waals surface area contributed by atoms with Gasteiger partial charge in [0.25, 0.3) is 0 Å². The Morgan fingerprint density at radius 1 is 1.69 bits per heavy atom. The highest BCUT2D eigenvalue weighted by Crippen LogP contribution is 2.13. The van der Waals surface area contributed by atoms with Crippen molar-refractivity contribution in [1.29, 1.82) is 0 Å². The Bertz CT molecular complexity index is 182. The highest BCUT2D eigenvalue weighted by Gasteiger charge is 2.19. The second-order valence-electron chi connectivity index (χ2n) is 3.46. The molecule has 1 aliphatic heterocycles. The number of likely N-dealkylation sites (tertiary alicyclic amines) is 1. The number of nitrogens with one attached hydrogen (secondary N) is 1. The maximum Gasteiger partial charge on any atom is 0.0431 e. The molecule has 1 atom stereocenters. The van der Waals surface area contributed by atoms with Gasteiger partial charge < -0.3 is 10.2 Å². The average Bonchev–Trinajstić information content (AvgIpc) is 2.52. The topological polar surface area (TPSA) is 15.3 Å². The number of halogens is 2. The third-order valence-corrected chi connectivity index (χ3v) is 3.08. The molecule has 1 fully saturated rings. The van der Waals surface area contributed by atoms with Crippen LogP contribution in [0.2, 0.25) is 0 Å². The minimum Gasteiger partial charge on any atom is -0.310 e. The summed E-state index contributed by atoms with van der Waals surface area (Å²) in [7, 11) is 2.17. The molecule has 76 valence electrons. The number of likely N-dealkylation sites (N-methyl/N-ethyl adjacent to an activating group) is 1. The second-order valence-corrected chi connectivity index (χ2v) is 4.17. The SMILES string of the molecule is CN1CCCC1CNCC(Cl)=CCl. The van der Waals surface area contributed by atoms with Crippen LogP contribution in [-0.2, 0) is 0 Å². The van der Waals surface area contributed by atoms with Gasteiger partial charge in [-0.05, 0) is 26.4 Å². The van der Waals surface area contributed by atoms with Gasteiger partial charge in [0.2, 0.25) is 0 Å². The van der Waals surface area contributed by atoms with Crippen molar-refractivity contribution in [2.45, 2.75) is 18.9 Å². The first-order valence-electron chi connectivity index (χ1n) is 4.59. The van der Waals surface area contributed by atoms with Gasteiger partial charge in [0.1, 0.15) is 0 Å². The van der Waals surface area contributed by atoms with Crippen LogP contribution in [0.1, 0.15) is 12.8 Å². The quantitative estimate of drug-likeness (QED) is 0.784. The minimum absolute atomic E-state index is 0.666. The molecule has 1 N–H and O–H groups in total. The van der Waals surface area contributed by atoms with Crippen LogP contribution in [0.25, 0.3) is 0 Å². The van der Waals surface area contributed by atoms with E-state index in [1.807, 2.05) is 0 Å². The summed E-state index contributed by atoms with van der Waals surface area (Å²) in [6.07, 6.45) is 2.59. The van der Waals surface area contributed by atoms with Gasteiger partial charge in [-0.15, -0.1) is 0 Å². The van der Waals surface area contributed by atoms with E-state index in [1.54, 1.807) is 0 Å². The molecular formula is C9H16Cl2N2. The molecule has 0 amide bonds. The summed E-state index contributed by atoms with van der Waals surface area (Å²) >= 11 is 11.2. The fourth-order valence-corrected chi connectivity index (χ4v) is 1.81. The van der Waals surface area contributed by atoms with Crippen LogP contribution in [0.4, 0.5) is 0 Å². The number of hydrogen-bond donors (Lipinski definition) is 1. The summed E-state index contributed by atoms with van der Waals surface area (Å²) in [6, 6.07) is 0.666. The summed E-state index contributed by atoms with van der Waals surface area (Å²) in [5.41, 5.74) is 1.41. The van der Waals surface area contributed by atoms with Gasteiger partial charge in [-0.3, -0.25) is 0 Å². The Balaban J connectivity index is 2.12. The maximum absolute atomic E-state index is 5.74. The van der Waals surface area contributed by atoms with E-state index in [0.717, 1.165) is 6.54 Å². The molecule has 0 aromatic rings. The Labute approximate surface area is 89.9 Å². The van der Waals surface area contributed by atoms with Crippen LogP contribution in [0.3, 0.4) is 0 Å². The van der Waals surface area contributed by atoms with E-state index in [1.165, 1.54) is 24.9 Å². The van der Waals surface area contributed by atoms with E-state index in [4.69, 9.17) is 23.2 Å². The number of rotatable bonds is 4. The highest BCUT2D eigenvalue weighted by atomic mass is 35.5. The molecule has 1 aliphatic rings. The van der Waals surface area contributed by atoms with Crippen LogP contribution in [0.5, 0.6) is 0 Å². The zero-order valence-corrected chi connectivity index (χ0v) is 9.41. The lowest BCUT2D eigenvalue weighted by molar-refractivity contribution is 0.303. The van der Waals surface area contributed by atoms with Crippen molar-refractivity contribution in [1.82, 2.24) is 10.2 Å². The van der Waals surface area contributed by atoms with Gasteiger partial charge in [0, 0.05) is 29.7 Å². The molecule has 0 bridgehead atoms. The first-order chi connectivity index (χ1) is 6.24. The van der Waals surface area contributed by atoms with E-state index < -0.39 is 0 Å². The lowest BCUT2D eigenvalue weighted by Gasteiger charge is -2.19. The molecule has 1 heterocycles. The van der Waals surface area contributed by atoms with E-state index in [2.05, 4.69) is 17.3 Å². The first kappa shape index (κ1) is 11.3. The van der Waals surface area contributed by atoms with Crippen molar-refractivity contribution >= 4 is 23.2 Å². The van der Waals surface area contributed by atoms with Crippen molar-refractivity contribution in [3.8, 4) is 0 Å². The smallest absolute Gasteiger partial charge is 0.0431 e. The lowest BCUT2D eigenvalue weighted by Crippen LogP contribution is -2.35. The van der Waals surface area contributed by atoms with E-state index in [0.29, 0.717) is 17.6 Å². The van der Waals surface area contributed by atoms with Crippen LogP contribution in [0.15, 0.2) is 10.6 Å². The van der Waals surface area contributed by atoms with Gasteiger partial charge in [0.05, 0.1) is 0 Å². The molecular weight excluding hydrogens is 207 g/mol. The third kappa shape index (κ3) is 3.86. The normalized spacial score (nSPS) is 25.5. The molecule has 2 nitrogen and oxygen atoms in total. The predicted octanol–water partition coefficient (Wildman–Crippen LogP) is 1.99. The van der Waals surface area contributed by atoms with E-state index in [-0.39, 0.29) is 0 Å². The monoisotopic (exact) mass is 222 g/mol. The molecule has 1 unspecified atom stereocenters. The molecule has 0 aromatic carbocycles. The Morgan fingerprint density at radius 3 is 3.00 bits per heavy atom. The molecule has 0 radical (unpaired) electrons. The summed E-state index contributed by atoms with van der Waals surface area (Å²) in [6.45, 7) is 2.89.